The Labute approximate surface area is 127 Å². The topological polar surface area (TPSA) is 49.8 Å². The first-order chi connectivity index (χ1) is 10.2. The van der Waals surface area contributed by atoms with Crippen molar-refractivity contribution in [2.24, 2.45) is 0 Å². The molecule has 0 radical (unpaired) electrons. The largest absolute Gasteiger partial charge is 0.391 e. The molecule has 3 rings (SSSR count). The zero-order chi connectivity index (χ0) is 14.7. The molecule has 1 unspecified atom stereocenters. The van der Waals surface area contributed by atoms with Gasteiger partial charge in [0.25, 0.3) is 0 Å². The third kappa shape index (κ3) is 3.43. The predicted octanol–water partition coefficient (Wildman–Crippen LogP) is 2.05. The summed E-state index contributed by atoms with van der Waals surface area (Å²) >= 11 is 1.74. The number of thiophene rings is 1. The molecule has 1 amide bonds. The van der Waals surface area contributed by atoms with Crippen LogP contribution < -0.4 is 0 Å². The standard InChI is InChI=1S/C16H19NO3S/c18-13-4-7-17(10-13)16(19)11-20-8-5-12-2-1-3-15-14(12)6-9-21-15/h1-3,6,9,13,18H,4-5,7-8,10-11H2. The number of benzene rings is 1. The smallest absolute Gasteiger partial charge is 0.248 e. The van der Waals surface area contributed by atoms with Crippen molar-refractivity contribution < 1.29 is 14.6 Å². The lowest BCUT2D eigenvalue weighted by atomic mass is 10.1. The van der Waals surface area contributed by atoms with Crippen LogP contribution in [0.1, 0.15) is 12.0 Å². The van der Waals surface area contributed by atoms with Gasteiger partial charge in [-0.05, 0) is 41.3 Å². The SMILES string of the molecule is O=C(COCCc1cccc2sccc12)N1CCC(O)C1. The van der Waals surface area contributed by atoms with Crippen molar-refractivity contribution >= 4 is 27.3 Å². The number of β-amino-alcohol motifs (C(OH)–C–C–N with tert-alkyl or cyclic N) is 1. The van der Waals surface area contributed by atoms with Crippen LogP contribution >= 0.6 is 11.3 Å². The molecule has 5 heteroatoms. The molecule has 1 aliphatic rings. The van der Waals surface area contributed by atoms with Gasteiger partial charge in [-0.3, -0.25) is 4.79 Å². The number of carbonyl (C=O) groups excluding carboxylic acids is 1. The first-order valence-electron chi connectivity index (χ1n) is 7.23. The quantitative estimate of drug-likeness (QED) is 0.860. The van der Waals surface area contributed by atoms with Crippen LogP contribution in [0, 0.1) is 0 Å². The molecular formula is C16H19NO3S. The molecule has 1 aliphatic heterocycles. The molecule has 1 aromatic heterocycles. The lowest BCUT2D eigenvalue weighted by Crippen LogP contribution is -2.32. The van der Waals surface area contributed by atoms with Crippen molar-refractivity contribution in [3.8, 4) is 0 Å². The summed E-state index contributed by atoms with van der Waals surface area (Å²) in [6.45, 7) is 1.72. The summed E-state index contributed by atoms with van der Waals surface area (Å²) in [5, 5.41) is 12.8. The Balaban J connectivity index is 1.46. The van der Waals surface area contributed by atoms with E-state index < -0.39 is 0 Å². The molecule has 21 heavy (non-hydrogen) atoms. The predicted molar refractivity (Wildman–Crippen MR) is 83.6 cm³/mol. The number of hydrogen-bond acceptors (Lipinski definition) is 4. The van der Waals surface area contributed by atoms with E-state index in [0.29, 0.717) is 26.1 Å². The monoisotopic (exact) mass is 305 g/mol. The van der Waals surface area contributed by atoms with Crippen LogP contribution in [0.5, 0.6) is 0 Å². The Morgan fingerprint density at radius 1 is 1.43 bits per heavy atom. The highest BCUT2D eigenvalue weighted by atomic mass is 32.1. The summed E-state index contributed by atoms with van der Waals surface area (Å²) in [5.41, 5.74) is 1.26. The Kier molecular flexibility index (Phi) is 4.53. The van der Waals surface area contributed by atoms with Crippen molar-refractivity contribution in [2.75, 3.05) is 26.3 Å². The fraction of sp³-hybridized carbons (Fsp3) is 0.438. The first kappa shape index (κ1) is 14.5. The highest BCUT2D eigenvalue weighted by Crippen LogP contribution is 2.24. The number of fused-ring (bicyclic) bond motifs is 1. The van der Waals surface area contributed by atoms with E-state index in [1.807, 2.05) is 0 Å². The maximum Gasteiger partial charge on any atom is 0.248 e. The molecule has 1 atom stereocenters. The molecular weight excluding hydrogens is 286 g/mol. The number of carbonyl (C=O) groups is 1. The lowest BCUT2D eigenvalue weighted by molar-refractivity contribution is -0.135. The van der Waals surface area contributed by atoms with Gasteiger partial charge in [0.1, 0.15) is 6.61 Å². The summed E-state index contributed by atoms with van der Waals surface area (Å²) in [5.74, 6) is -0.0275. The maximum atomic E-state index is 11.9. The molecule has 1 fully saturated rings. The van der Waals surface area contributed by atoms with E-state index in [9.17, 15) is 9.90 Å². The van der Waals surface area contributed by atoms with Gasteiger partial charge >= 0.3 is 0 Å². The fourth-order valence-electron chi connectivity index (χ4n) is 2.68. The fourth-order valence-corrected chi connectivity index (χ4v) is 3.51. The van der Waals surface area contributed by atoms with E-state index in [2.05, 4.69) is 29.6 Å². The van der Waals surface area contributed by atoms with Gasteiger partial charge in [0.05, 0.1) is 12.7 Å². The van der Waals surface area contributed by atoms with Gasteiger partial charge in [0.15, 0.2) is 0 Å². The molecule has 1 aromatic carbocycles. The number of aliphatic hydroxyl groups is 1. The van der Waals surface area contributed by atoms with Gasteiger partial charge in [-0.1, -0.05) is 12.1 Å². The number of aliphatic hydroxyl groups excluding tert-OH is 1. The number of nitrogens with zero attached hydrogens (tertiary/aromatic N) is 1. The number of ether oxygens (including phenoxy) is 1. The summed E-state index contributed by atoms with van der Waals surface area (Å²) in [7, 11) is 0. The van der Waals surface area contributed by atoms with Crippen LogP contribution in [0.3, 0.4) is 0 Å². The Morgan fingerprint density at radius 2 is 2.33 bits per heavy atom. The molecule has 0 saturated carbocycles. The minimum atomic E-state index is -0.370. The van der Waals surface area contributed by atoms with Gasteiger partial charge in [-0.15, -0.1) is 11.3 Å². The molecule has 1 saturated heterocycles. The van der Waals surface area contributed by atoms with Gasteiger partial charge in [0, 0.05) is 17.8 Å². The second kappa shape index (κ2) is 6.56. The number of amides is 1. The van der Waals surface area contributed by atoms with Crippen LogP contribution in [0.25, 0.3) is 10.1 Å². The van der Waals surface area contributed by atoms with Crippen LogP contribution in [0.2, 0.25) is 0 Å². The van der Waals surface area contributed by atoms with Gasteiger partial charge in [-0.2, -0.15) is 0 Å². The van der Waals surface area contributed by atoms with Crippen LogP contribution in [-0.4, -0.2) is 48.3 Å². The first-order valence-corrected chi connectivity index (χ1v) is 8.10. The van der Waals surface area contributed by atoms with Crippen molar-refractivity contribution in [1.82, 2.24) is 4.90 Å². The van der Waals surface area contributed by atoms with Crippen LogP contribution in [-0.2, 0) is 16.0 Å². The van der Waals surface area contributed by atoms with E-state index >= 15 is 0 Å². The highest BCUT2D eigenvalue weighted by Gasteiger charge is 2.24. The second-order valence-electron chi connectivity index (χ2n) is 5.33. The van der Waals surface area contributed by atoms with Crippen LogP contribution in [0.4, 0.5) is 0 Å². The molecule has 1 N–H and O–H groups in total. The molecule has 2 heterocycles. The van der Waals surface area contributed by atoms with Gasteiger partial charge in [-0.25, -0.2) is 0 Å². The third-order valence-electron chi connectivity index (χ3n) is 3.84. The van der Waals surface area contributed by atoms with Crippen molar-refractivity contribution in [1.29, 1.82) is 0 Å². The van der Waals surface area contributed by atoms with Crippen molar-refractivity contribution in [3.63, 3.8) is 0 Å². The van der Waals surface area contributed by atoms with E-state index in [0.717, 1.165) is 6.42 Å². The molecule has 112 valence electrons. The summed E-state index contributed by atoms with van der Waals surface area (Å²) in [6.07, 6.45) is 1.11. The van der Waals surface area contributed by atoms with Crippen molar-refractivity contribution in [2.45, 2.75) is 18.9 Å². The minimum absolute atomic E-state index is 0.0275. The maximum absolute atomic E-state index is 11.9. The van der Waals surface area contributed by atoms with E-state index in [1.54, 1.807) is 16.2 Å². The molecule has 4 nitrogen and oxygen atoms in total. The minimum Gasteiger partial charge on any atom is -0.391 e. The van der Waals surface area contributed by atoms with Gasteiger partial charge in [0.2, 0.25) is 5.91 Å². The summed E-state index contributed by atoms with van der Waals surface area (Å²) in [6, 6.07) is 8.42. The molecule has 0 bridgehead atoms. The van der Waals surface area contributed by atoms with E-state index in [1.165, 1.54) is 15.6 Å². The number of rotatable bonds is 5. The normalized spacial score (nSPS) is 18.5. The third-order valence-corrected chi connectivity index (χ3v) is 4.73. The Hall–Kier alpha value is -1.43. The van der Waals surface area contributed by atoms with E-state index in [-0.39, 0.29) is 18.6 Å². The molecule has 2 aromatic rings. The zero-order valence-electron chi connectivity index (χ0n) is 11.8. The van der Waals surface area contributed by atoms with Crippen molar-refractivity contribution in [3.05, 3.63) is 35.2 Å². The summed E-state index contributed by atoms with van der Waals surface area (Å²) in [4.78, 5) is 13.5. The number of hydrogen-bond donors (Lipinski definition) is 1. The number of likely N-dealkylation sites (tertiary alicyclic amines) is 1. The molecule has 0 aliphatic carbocycles. The molecule has 0 spiro atoms. The Bertz CT molecular complexity index is 625. The highest BCUT2D eigenvalue weighted by molar-refractivity contribution is 7.17. The second-order valence-corrected chi connectivity index (χ2v) is 6.28. The average Bonchev–Trinajstić information content (AvgIpc) is 3.12. The van der Waals surface area contributed by atoms with Crippen LogP contribution in [0.15, 0.2) is 29.6 Å². The summed E-state index contributed by atoms with van der Waals surface area (Å²) < 4.78 is 6.79. The van der Waals surface area contributed by atoms with E-state index in [4.69, 9.17) is 4.74 Å². The average molecular weight is 305 g/mol. The zero-order valence-corrected chi connectivity index (χ0v) is 12.6. The lowest BCUT2D eigenvalue weighted by Gasteiger charge is -2.15. The Morgan fingerprint density at radius 3 is 3.14 bits per heavy atom. The van der Waals surface area contributed by atoms with Gasteiger partial charge < -0.3 is 14.7 Å².